The number of hydrogen-bond acceptors (Lipinski definition) is 6. The van der Waals surface area contributed by atoms with Crippen molar-refractivity contribution in [3.8, 4) is 19.8 Å². The molecule has 0 radical (unpaired) electrons. The molecule has 0 saturated heterocycles. The summed E-state index contributed by atoms with van der Waals surface area (Å²) < 4.78 is 2.02. The minimum atomic E-state index is 0.246. The Hall–Kier alpha value is -0.930. The number of thiazole rings is 2. The van der Waals surface area contributed by atoms with Crippen LogP contribution in [0.2, 0.25) is 0 Å². The molecule has 3 nitrogen and oxygen atoms in total. The quantitative estimate of drug-likeness (QED) is 0.109. The van der Waals surface area contributed by atoms with Gasteiger partial charge in [-0.2, -0.15) is 0 Å². The van der Waals surface area contributed by atoms with Crippen molar-refractivity contribution in [2.75, 3.05) is 0 Å². The molecule has 8 heteroatoms. The van der Waals surface area contributed by atoms with Crippen LogP contribution in [-0.2, 0) is 12.8 Å². The first kappa shape index (κ1) is 31.0. The fourth-order valence-corrected chi connectivity index (χ4v) is 8.89. The Kier molecular flexibility index (Phi) is 12.6. The van der Waals surface area contributed by atoms with Gasteiger partial charge in [0, 0.05) is 21.9 Å². The van der Waals surface area contributed by atoms with Gasteiger partial charge in [0.05, 0.1) is 29.7 Å². The molecule has 0 spiro atoms. The molecule has 0 atom stereocenters. The molecule has 0 aliphatic rings. The first-order valence-electron chi connectivity index (χ1n) is 14.4. The molecule has 0 fully saturated rings. The smallest absolute Gasteiger partial charge is 0.185 e. The molecule has 1 aromatic carbocycles. The van der Waals surface area contributed by atoms with Gasteiger partial charge in [0.25, 0.3) is 0 Å². The third-order valence-corrected chi connectivity index (χ3v) is 11.6. The summed E-state index contributed by atoms with van der Waals surface area (Å²) in [5, 5.41) is 4.24. The highest BCUT2D eigenvalue weighted by atomic mass is 79.9. The van der Waals surface area contributed by atoms with Gasteiger partial charge in [-0.05, 0) is 69.7 Å². The van der Waals surface area contributed by atoms with Crippen molar-refractivity contribution in [2.45, 2.75) is 104 Å². The van der Waals surface area contributed by atoms with E-state index in [9.17, 15) is 4.79 Å². The number of fused-ring (bicyclic) bond motifs is 1. The minimum Gasteiger partial charge on any atom is -0.289 e. The SMILES string of the molecule is CCCCCCCCc1cc2c(-c3ncc(Br)s3)sc(-c3ncc(Br)s3)c2cc(CCCCCCCC)c1=O. The van der Waals surface area contributed by atoms with Gasteiger partial charge in [0.1, 0.15) is 10.0 Å². The lowest BCUT2D eigenvalue weighted by atomic mass is 10.0. The maximum absolute atomic E-state index is 14.0. The number of aryl methyl sites for hydroxylation is 2. The minimum absolute atomic E-state index is 0.246. The third-order valence-electron chi connectivity index (χ3n) is 7.15. The molecule has 0 amide bonds. The van der Waals surface area contributed by atoms with Crippen molar-refractivity contribution in [2.24, 2.45) is 0 Å². The van der Waals surface area contributed by atoms with Crippen LogP contribution in [0, 0.1) is 0 Å². The maximum Gasteiger partial charge on any atom is 0.185 e. The lowest BCUT2D eigenvalue weighted by molar-refractivity contribution is 0.604. The molecule has 4 rings (SSSR count). The summed E-state index contributed by atoms with van der Waals surface area (Å²) in [6.07, 6.45) is 20.1. The summed E-state index contributed by atoms with van der Waals surface area (Å²) in [6, 6.07) is 4.39. The third kappa shape index (κ3) is 8.54. The summed E-state index contributed by atoms with van der Waals surface area (Å²) in [4.78, 5) is 25.7. The first-order valence-corrected chi connectivity index (χ1v) is 18.4. The molecule has 4 aromatic rings. The Balaban J connectivity index is 1.76. The second-order valence-electron chi connectivity index (χ2n) is 10.2. The summed E-state index contributed by atoms with van der Waals surface area (Å²) >= 11 is 12.2. The maximum atomic E-state index is 14.0. The molecular formula is C31H38Br2N2OS3. The standard InChI is InChI=1S/C31H38Br2N2OS3/c1-3-5-7-9-11-13-15-21-17-23-24(18-22(27(21)36)16-14-12-10-8-6-4-2)29(31-35-20-26(33)38-31)39-28(23)30-34-19-25(32)37-30/h17-20H,3-16H2,1-2H3. The van der Waals surface area contributed by atoms with Gasteiger partial charge in [-0.3, -0.25) is 4.79 Å². The topological polar surface area (TPSA) is 42.9 Å². The van der Waals surface area contributed by atoms with E-state index in [4.69, 9.17) is 9.97 Å². The normalized spacial score (nSPS) is 11.6. The van der Waals surface area contributed by atoms with Crippen molar-refractivity contribution in [1.29, 1.82) is 0 Å². The Labute approximate surface area is 261 Å². The van der Waals surface area contributed by atoms with Crippen LogP contribution in [0.25, 0.3) is 30.5 Å². The molecule has 39 heavy (non-hydrogen) atoms. The van der Waals surface area contributed by atoms with Crippen LogP contribution in [0.5, 0.6) is 0 Å². The molecule has 0 unspecified atom stereocenters. The summed E-state index contributed by atoms with van der Waals surface area (Å²) in [6.45, 7) is 4.50. The van der Waals surface area contributed by atoms with Gasteiger partial charge in [0.2, 0.25) is 0 Å². The van der Waals surface area contributed by atoms with Gasteiger partial charge < -0.3 is 0 Å². The summed E-state index contributed by atoms with van der Waals surface area (Å²) in [5.74, 6) is 0. The summed E-state index contributed by atoms with van der Waals surface area (Å²) in [7, 11) is 0. The van der Waals surface area contributed by atoms with Crippen molar-refractivity contribution >= 4 is 76.6 Å². The van der Waals surface area contributed by atoms with Crippen molar-refractivity contribution in [3.05, 3.63) is 53.4 Å². The second kappa shape index (κ2) is 15.9. The molecule has 0 saturated carbocycles. The predicted molar refractivity (Wildman–Crippen MR) is 180 cm³/mol. The van der Waals surface area contributed by atoms with E-state index in [1.165, 1.54) is 64.2 Å². The van der Waals surface area contributed by atoms with E-state index in [0.717, 1.165) is 74.9 Å². The average molecular weight is 711 g/mol. The fraction of sp³-hybridized carbons (Fsp3) is 0.516. The van der Waals surface area contributed by atoms with E-state index in [2.05, 4.69) is 57.8 Å². The van der Waals surface area contributed by atoms with E-state index < -0.39 is 0 Å². The molecule has 3 aromatic heterocycles. The van der Waals surface area contributed by atoms with E-state index in [0.29, 0.717) is 0 Å². The monoisotopic (exact) mass is 708 g/mol. The number of thiophene rings is 1. The summed E-state index contributed by atoms with van der Waals surface area (Å²) in [5.41, 5.74) is 2.17. The highest BCUT2D eigenvalue weighted by molar-refractivity contribution is 9.11. The van der Waals surface area contributed by atoms with E-state index in [-0.39, 0.29) is 5.43 Å². The lowest BCUT2D eigenvalue weighted by Crippen LogP contribution is -2.11. The van der Waals surface area contributed by atoms with Crippen molar-refractivity contribution in [1.82, 2.24) is 9.97 Å². The zero-order valence-electron chi connectivity index (χ0n) is 23.0. The number of aromatic nitrogens is 2. The van der Waals surface area contributed by atoms with Crippen LogP contribution < -0.4 is 5.43 Å². The number of hydrogen-bond donors (Lipinski definition) is 0. The van der Waals surface area contributed by atoms with E-state index in [1.54, 1.807) is 34.0 Å². The zero-order valence-corrected chi connectivity index (χ0v) is 28.6. The molecule has 0 aliphatic heterocycles. The van der Waals surface area contributed by atoms with E-state index in [1.807, 2.05) is 12.4 Å². The predicted octanol–water partition coefficient (Wildman–Crippen LogP) is 11.8. The largest absolute Gasteiger partial charge is 0.289 e. The van der Waals surface area contributed by atoms with Crippen LogP contribution in [0.3, 0.4) is 0 Å². The van der Waals surface area contributed by atoms with Gasteiger partial charge in [-0.25, -0.2) is 9.97 Å². The number of halogens is 2. The second-order valence-corrected chi connectivity index (χ2v) is 16.1. The van der Waals surface area contributed by atoms with Gasteiger partial charge in [-0.1, -0.05) is 78.1 Å². The zero-order chi connectivity index (χ0) is 27.6. The van der Waals surface area contributed by atoms with Crippen LogP contribution in [0.4, 0.5) is 0 Å². The van der Waals surface area contributed by atoms with Crippen molar-refractivity contribution < 1.29 is 0 Å². The highest BCUT2D eigenvalue weighted by Crippen LogP contribution is 2.47. The Morgan fingerprint density at radius 2 is 1.03 bits per heavy atom. The van der Waals surface area contributed by atoms with Crippen LogP contribution >= 0.6 is 65.9 Å². The van der Waals surface area contributed by atoms with Gasteiger partial charge in [0.15, 0.2) is 5.43 Å². The molecule has 210 valence electrons. The molecule has 0 aliphatic carbocycles. The number of rotatable bonds is 16. The van der Waals surface area contributed by atoms with Gasteiger partial charge >= 0.3 is 0 Å². The average Bonchev–Trinajstić information content (AvgIpc) is 3.62. The highest BCUT2D eigenvalue weighted by Gasteiger charge is 2.20. The number of unbranched alkanes of at least 4 members (excludes halogenated alkanes) is 10. The Bertz CT molecular complexity index is 1310. The molecule has 0 N–H and O–H groups in total. The van der Waals surface area contributed by atoms with E-state index >= 15 is 0 Å². The Morgan fingerprint density at radius 3 is 1.41 bits per heavy atom. The van der Waals surface area contributed by atoms with Crippen LogP contribution in [-0.4, -0.2) is 9.97 Å². The van der Waals surface area contributed by atoms with Crippen LogP contribution in [0.1, 0.15) is 102 Å². The first-order chi connectivity index (χ1) is 19.0. The lowest BCUT2D eigenvalue weighted by Gasteiger charge is -2.03. The molecule has 0 bridgehead atoms. The Morgan fingerprint density at radius 1 is 0.615 bits per heavy atom. The van der Waals surface area contributed by atoms with Crippen LogP contribution in [0.15, 0.2) is 36.9 Å². The number of nitrogens with zero attached hydrogens (tertiary/aromatic N) is 2. The molecule has 3 heterocycles. The van der Waals surface area contributed by atoms with Crippen molar-refractivity contribution in [3.63, 3.8) is 0 Å². The molecular weight excluding hydrogens is 672 g/mol. The fourth-order valence-electron chi connectivity index (χ4n) is 5.03. The van der Waals surface area contributed by atoms with Gasteiger partial charge in [-0.15, -0.1) is 34.0 Å².